The summed E-state index contributed by atoms with van der Waals surface area (Å²) < 4.78 is 28.3. The summed E-state index contributed by atoms with van der Waals surface area (Å²) in [4.78, 5) is 52.1. The van der Waals surface area contributed by atoms with E-state index in [1.54, 1.807) is 44.7 Å². The monoisotopic (exact) mass is 544 g/mol. The van der Waals surface area contributed by atoms with Crippen molar-refractivity contribution in [3.8, 4) is 11.1 Å². The molecule has 0 aromatic carbocycles. The third-order valence-corrected chi connectivity index (χ3v) is 6.59. The van der Waals surface area contributed by atoms with Crippen LogP contribution in [0.5, 0.6) is 0 Å². The highest BCUT2D eigenvalue weighted by Gasteiger charge is 2.19. The zero-order valence-corrected chi connectivity index (χ0v) is 21.9. The van der Waals surface area contributed by atoms with Crippen LogP contribution in [0, 0.1) is 0 Å². The maximum absolute atomic E-state index is 13.7. The predicted molar refractivity (Wildman–Crippen MR) is 146 cm³/mol. The van der Waals surface area contributed by atoms with Gasteiger partial charge < -0.3 is 19.8 Å². The van der Waals surface area contributed by atoms with Crippen LogP contribution in [0.1, 0.15) is 39.4 Å². The Bertz CT molecular complexity index is 1750. The van der Waals surface area contributed by atoms with Gasteiger partial charge in [0.1, 0.15) is 22.7 Å². The Labute approximate surface area is 227 Å². The van der Waals surface area contributed by atoms with Crippen molar-refractivity contribution in [1.82, 2.24) is 29.7 Å². The molecule has 2 amide bonds. The molecule has 0 atom stereocenters. The highest BCUT2D eigenvalue weighted by atomic mass is 19.2. The topological polar surface area (TPSA) is 113 Å². The van der Waals surface area contributed by atoms with Gasteiger partial charge in [-0.15, -0.1) is 0 Å². The molecule has 204 valence electrons. The number of hydrogen-bond donors (Lipinski definition) is 2. The van der Waals surface area contributed by atoms with Gasteiger partial charge in [-0.05, 0) is 60.0 Å². The van der Waals surface area contributed by atoms with E-state index in [2.05, 4.69) is 20.3 Å². The fourth-order valence-corrected chi connectivity index (χ4v) is 4.53. The first-order chi connectivity index (χ1) is 19.2. The minimum Gasteiger partial charge on any atom is -0.346 e. The van der Waals surface area contributed by atoms with Gasteiger partial charge in [0.25, 0.3) is 17.4 Å². The van der Waals surface area contributed by atoms with Crippen LogP contribution in [0.3, 0.4) is 0 Å². The van der Waals surface area contributed by atoms with Crippen molar-refractivity contribution in [2.75, 3.05) is 14.1 Å². The van der Waals surface area contributed by atoms with Crippen molar-refractivity contribution in [3.05, 3.63) is 106 Å². The first kappa shape index (κ1) is 26.7. The molecule has 0 aliphatic heterocycles. The van der Waals surface area contributed by atoms with Gasteiger partial charge in [0, 0.05) is 56.6 Å². The van der Waals surface area contributed by atoms with Crippen molar-refractivity contribution in [1.29, 1.82) is 0 Å². The van der Waals surface area contributed by atoms with Gasteiger partial charge in [-0.1, -0.05) is 0 Å². The Morgan fingerprint density at radius 3 is 2.75 bits per heavy atom. The fourth-order valence-electron chi connectivity index (χ4n) is 4.53. The summed E-state index contributed by atoms with van der Waals surface area (Å²) in [5, 5.41) is 3.58. The molecular formula is C29H26F2N6O3. The number of H-pyrrole nitrogens is 1. The largest absolute Gasteiger partial charge is 0.346 e. The molecule has 4 heterocycles. The van der Waals surface area contributed by atoms with E-state index in [-0.39, 0.29) is 43.1 Å². The Hall–Kier alpha value is -4.93. The number of fused-ring (bicyclic) bond motifs is 1. The zero-order valence-electron chi connectivity index (χ0n) is 21.9. The van der Waals surface area contributed by atoms with Crippen LogP contribution < -0.4 is 10.9 Å². The SMILES string of the molecule is CN(C)C(=O)c1cc(-c2c[nH]c3ncccc23)cc(CNC(=O)c2cccn(CC3=CC(F)=C(F)CC3)c2=O)n1. The molecule has 1 aliphatic carbocycles. The molecule has 11 heteroatoms. The summed E-state index contributed by atoms with van der Waals surface area (Å²) in [5.41, 5.74) is 2.72. The van der Waals surface area contributed by atoms with E-state index in [9.17, 15) is 23.2 Å². The van der Waals surface area contributed by atoms with Crippen molar-refractivity contribution in [2.45, 2.75) is 25.9 Å². The highest BCUT2D eigenvalue weighted by molar-refractivity contribution is 5.97. The number of pyridine rings is 3. The van der Waals surface area contributed by atoms with Crippen LogP contribution in [0.25, 0.3) is 22.2 Å². The van der Waals surface area contributed by atoms with Gasteiger partial charge in [0.15, 0.2) is 5.83 Å². The van der Waals surface area contributed by atoms with Crippen LogP contribution in [-0.2, 0) is 13.1 Å². The lowest BCUT2D eigenvalue weighted by atomic mass is 10.0. The molecule has 0 radical (unpaired) electrons. The lowest BCUT2D eigenvalue weighted by Crippen LogP contribution is -2.33. The second kappa shape index (κ2) is 11.0. The molecule has 0 fully saturated rings. The van der Waals surface area contributed by atoms with Crippen molar-refractivity contribution in [3.63, 3.8) is 0 Å². The van der Waals surface area contributed by atoms with Crippen LogP contribution in [-0.4, -0.2) is 50.3 Å². The van der Waals surface area contributed by atoms with E-state index in [1.165, 1.54) is 21.7 Å². The molecule has 9 nitrogen and oxygen atoms in total. The molecule has 2 N–H and O–H groups in total. The molecule has 0 saturated carbocycles. The lowest BCUT2D eigenvalue weighted by molar-refractivity contribution is 0.0821. The fraction of sp³-hybridized carbons (Fsp3) is 0.207. The van der Waals surface area contributed by atoms with Crippen LogP contribution in [0.15, 0.2) is 83.1 Å². The van der Waals surface area contributed by atoms with Crippen molar-refractivity contribution >= 4 is 22.8 Å². The Morgan fingerprint density at radius 2 is 1.98 bits per heavy atom. The summed E-state index contributed by atoms with van der Waals surface area (Å²) in [5.74, 6) is -2.67. The molecule has 4 aromatic heterocycles. The minimum absolute atomic E-state index is 0.0414. The average molecular weight is 545 g/mol. The average Bonchev–Trinajstić information content (AvgIpc) is 3.38. The zero-order chi connectivity index (χ0) is 28.4. The molecule has 5 rings (SSSR count). The predicted octanol–water partition coefficient (Wildman–Crippen LogP) is 4.29. The second-order valence-electron chi connectivity index (χ2n) is 9.63. The summed E-state index contributed by atoms with van der Waals surface area (Å²) in [6, 6.07) is 10.1. The molecule has 0 spiro atoms. The molecule has 0 saturated heterocycles. The number of aromatic nitrogens is 4. The van der Waals surface area contributed by atoms with E-state index in [4.69, 9.17) is 0 Å². The molecular weight excluding hydrogens is 518 g/mol. The van der Waals surface area contributed by atoms with E-state index >= 15 is 0 Å². The number of carbonyl (C=O) groups excluding carboxylic acids is 2. The van der Waals surface area contributed by atoms with Crippen LogP contribution in [0.4, 0.5) is 8.78 Å². The van der Waals surface area contributed by atoms with Gasteiger partial charge in [0.05, 0.1) is 12.2 Å². The third kappa shape index (κ3) is 5.44. The molecule has 0 unspecified atom stereocenters. The summed E-state index contributed by atoms with van der Waals surface area (Å²) in [7, 11) is 3.25. The minimum atomic E-state index is -0.936. The summed E-state index contributed by atoms with van der Waals surface area (Å²) in [6.07, 6.45) is 6.27. The van der Waals surface area contributed by atoms with Gasteiger partial charge >= 0.3 is 0 Å². The number of halogens is 2. The van der Waals surface area contributed by atoms with Gasteiger partial charge in [-0.3, -0.25) is 14.4 Å². The lowest BCUT2D eigenvalue weighted by Gasteiger charge is -2.14. The standard InChI is InChI=1S/C29H26F2N6O3/c1-36(2)29(40)25-13-18(22-15-33-26-20(22)5-3-9-32-26)12-19(35-25)14-34-27(38)21-6-4-10-37(28(21)39)16-17-7-8-23(30)24(31)11-17/h3-6,9-13,15H,7-8,14,16H2,1-2H3,(H,32,33)(H,34,38). The number of nitrogens with zero attached hydrogens (tertiary/aromatic N) is 4. The first-order valence-electron chi connectivity index (χ1n) is 12.6. The molecule has 1 aliphatic rings. The van der Waals surface area contributed by atoms with E-state index in [1.807, 2.05) is 12.1 Å². The Kier molecular flexibility index (Phi) is 7.37. The maximum Gasteiger partial charge on any atom is 0.271 e. The number of carbonyl (C=O) groups is 2. The highest BCUT2D eigenvalue weighted by Crippen LogP contribution is 2.29. The van der Waals surface area contributed by atoms with Crippen molar-refractivity contribution in [2.24, 2.45) is 0 Å². The smallest absolute Gasteiger partial charge is 0.271 e. The number of rotatable bonds is 7. The second-order valence-corrected chi connectivity index (χ2v) is 9.63. The normalized spacial score (nSPS) is 13.3. The van der Waals surface area contributed by atoms with E-state index in [0.717, 1.165) is 17.0 Å². The van der Waals surface area contributed by atoms with Gasteiger partial charge in [-0.25, -0.2) is 18.7 Å². The number of amides is 2. The van der Waals surface area contributed by atoms with Crippen LogP contribution >= 0.6 is 0 Å². The number of aromatic amines is 1. The van der Waals surface area contributed by atoms with Gasteiger partial charge in [-0.2, -0.15) is 0 Å². The molecule has 0 bridgehead atoms. The number of allylic oxidation sites excluding steroid dienone is 4. The summed E-state index contributed by atoms with van der Waals surface area (Å²) >= 11 is 0. The van der Waals surface area contributed by atoms with E-state index < -0.39 is 23.1 Å². The Balaban J connectivity index is 1.40. The Morgan fingerprint density at radius 1 is 1.15 bits per heavy atom. The van der Waals surface area contributed by atoms with E-state index in [0.29, 0.717) is 22.5 Å². The van der Waals surface area contributed by atoms with Crippen LogP contribution in [0.2, 0.25) is 0 Å². The maximum atomic E-state index is 13.7. The summed E-state index contributed by atoms with van der Waals surface area (Å²) in [6.45, 7) is -0.00447. The third-order valence-electron chi connectivity index (χ3n) is 6.59. The number of nitrogens with one attached hydrogen (secondary N) is 2. The van der Waals surface area contributed by atoms with Crippen molar-refractivity contribution < 1.29 is 18.4 Å². The number of hydrogen-bond acceptors (Lipinski definition) is 5. The molecule has 4 aromatic rings. The first-order valence-corrected chi connectivity index (χ1v) is 12.6. The quantitative estimate of drug-likeness (QED) is 0.361. The molecule has 40 heavy (non-hydrogen) atoms. The van der Waals surface area contributed by atoms with Gasteiger partial charge in [0.2, 0.25) is 0 Å².